The maximum Gasteiger partial charge on any atom is 0.306 e. The molecule has 0 radical (unpaired) electrons. The number of esters is 1. The molecule has 0 aliphatic carbocycles. The molecule has 1 N–H and O–H groups in total. The summed E-state index contributed by atoms with van der Waals surface area (Å²) < 4.78 is 11.1. The topological polar surface area (TPSA) is 55.8 Å². The monoisotopic (exact) mass is 577 g/mol. The lowest BCUT2D eigenvalue weighted by Crippen LogP contribution is -2.27. The maximum absolute atomic E-state index is 12.1. The van der Waals surface area contributed by atoms with Gasteiger partial charge in [0, 0.05) is 13.0 Å². The summed E-state index contributed by atoms with van der Waals surface area (Å²) in [5.74, 6) is -0.209. The minimum Gasteiger partial charge on any atom is -0.457 e. The van der Waals surface area contributed by atoms with Gasteiger partial charge in [0.05, 0.1) is 13.2 Å². The lowest BCUT2D eigenvalue weighted by molar-refractivity contribution is -0.154. The Morgan fingerprint density at radius 1 is 0.610 bits per heavy atom. The van der Waals surface area contributed by atoms with E-state index in [4.69, 9.17) is 9.47 Å². The van der Waals surface area contributed by atoms with Crippen molar-refractivity contribution in [2.45, 2.75) is 174 Å². The van der Waals surface area contributed by atoms with Gasteiger partial charge in [0.15, 0.2) is 0 Å². The minimum atomic E-state index is -0.541. The fourth-order valence-corrected chi connectivity index (χ4v) is 4.87. The number of hydrogen-bond donors (Lipinski definition) is 1. The molecule has 1 unspecified atom stereocenters. The first-order valence-electron chi connectivity index (χ1n) is 17.6. The van der Waals surface area contributed by atoms with Crippen molar-refractivity contribution in [3.8, 4) is 0 Å². The predicted molar refractivity (Wildman–Crippen MR) is 177 cm³/mol. The summed E-state index contributed by atoms with van der Waals surface area (Å²) in [6.07, 6.45) is 41.8. The Bertz CT molecular complexity index is 610. The van der Waals surface area contributed by atoms with Gasteiger partial charge in [-0.25, -0.2) is 0 Å². The number of aliphatic hydroxyl groups excluding tert-OH is 1. The lowest BCUT2D eigenvalue weighted by Gasteiger charge is -2.15. The third-order valence-corrected chi connectivity index (χ3v) is 7.48. The highest BCUT2D eigenvalue weighted by Crippen LogP contribution is 2.14. The van der Waals surface area contributed by atoms with Crippen LogP contribution in [-0.4, -0.2) is 37.0 Å². The summed E-state index contributed by atoms with van der Waals surface area (Å²) in [6.45, 7) is 5.19. The Hall–Kier alpha value is -1.39. The fourth-order valence-electron chi connectivity index (χ4n) is 4.87. The molecule has 0 aromatic heterocycles. The molecule has 0 saturated carbocycles. The van der Waals surface area contributed by atoms with E-state index in [9.17, 15) is 9.90 Å². The van der Waals surface area contributed by atoms with E-state index in [0.717, 1.165) is 51.4 Å². The summed E-state index contributed by atoms with van der Waals surface area (Å²) in [4.78, 5) is 12.1. The largest absolute Gasteiger partial charge is 0.457 e. The molecule has 0 spiro atoms. The van der Waals surface area contributed by atoms with Gasteiger partial charge in [0.1, 0.15) is 6.10 Å². The Balaban J connectivity index is 3.47. The molecule has 0 saturated heterocycles. The second-order valence-electron chi connectivity index (χ2n) is 11.6. The van der Waals surface area contributed by atoms with Crippen LogP contribution in [0.1, 0.15) is 168 Å². The zero-order valence-corrected chi connectivity index (χ0v) is 27.3. The number of unbranched alkanes of at least 4 members (excludes halogenated alkanes) is 18. The first kappa shape index (κ1) is 39.6. The zero-order chi connectivity index (χ0) is 29.9. The minimum absolute atomic E-state index is 0.179. The molecule has 4 heteroatoms. The van der Waals surface area contributed by atoms with Crippen LogP contribution in [-0.2, 0) is 14.3 Å². The normalized spacial score (nSPS) is 12.8. The third kappa shape index (κ3) is 33.0. The van der Waals surface area contributed by atoms with Gasteiger partial charge in [-0.3, -0.25) is 4.79 Å². The Morgan fingerprint density at radius 2 is 1.10 bits per heavy atom. The first-order chi connectivity index (χ1) is 20.2. The number of carbonyl (C=O) groups is 1. The Kier molecular flexibility index (Phi) is 33.6. The van der Waals surface area contributed by atoms with E-state index in [0.29, 0.717) is 13.0 Å². The van der Waals surface area contributed by atoms with E-state index < -0.39 is 6.10 Å². The lowest BCUT2D eigenvalue weighted by atomic mass is 10.0. The molecular weight excluding hydrogens is 508 g/mol. The quantitative estimate of drug-likeness (QED) is 0.0491. The van der Waals surface area contributed by atoms with Gasteiger partial charge >= 0.3 is 5.97 Å². The molecule has 240 valence electrons. The van der Waals surface area contributed by atoms with Crippen LogP contribution in [0.25, 0.3) is 0 Å². The van der Waals surface area contributed by atoms with Crippen molar-refractivity contribution >= 4 is 5.97 Å². The molecule has 1 atom stereocenters. The van der Waals surface area contributed by atoms with Gasteiger partial charge in [0.25, 0.3) is 0 Å². The van der Waals surface area contributed by atoms with Crippen molar-refractivity contribution in [3.63, 3.8) is 0 Å². The van der Waals surface area contributed by atoms with Crippen LogP contribution in [0.5, 0.6) is 0 Å². The smallest absolute Gasteiger partial charge is 0.306 e. The van der Waals surface area contributed by atoms with E-state index in [-0.39, 0.29) is 19.2 Å². The van der Waals surface area contributed by atoms with E-state index in [1.807, 2.05) is 0 Å². The van der Waals surface area contributed by atoms with Gasteiger partial charge in [-0.15, -0.1) is 0 Å². The summed E-state index contributed by atoms with van der Waals surface area (Å²) >= 11 is 0. The second kappa shape index (κ2) is 34.8. The molecule has 41 heavy (non-hydrogen) atoms. The number of hydrogen-bond acceptors (Lipinski definition) is 4. The van der Waals surface area contributed by atoms with E-state index in [1.54, 1.807) is 0 Å². The highest BCUT2D eigenvalue weighted by atomic mass is 16.6. The van der Waals surface area contributed by atoms with Gasteiger partial charge < -0.3 is 14.6 Å². The van der Waals surface area contributed by atoms with Crippen molar-refractivity contribution in [1.29, 1.82) is 0 Å². The molecule has 0 aliphatic rings. The second-order valence-corrected chi connectivity index (χ2v) is 11.6. The Morgan fingerprint density at radius 3 is 1.66 bits per heavy atom. The number of allylic oxidation sites excluding steroid dienone is 6. The molecule has 0 bridgehead atoms. The summed E-state index contributed by atoms with van der Waals surface area (Å²) in [5.41, 5.74) is 0. The van der Waals surface area contributed by atoms with Gasteiger partial charge in [-0.05, 0) is 44.9 Å². The standard InChI is InChI=1S/C37H68O4/c1-3-5-7-9-11-13-15-17-19-20-22-24-26-28-30-32-37(39)41-36(34-38)35-40-33-31-29-27-25-23-21-18-16-14-12-10-8-6-4-2/h6,8,12,14,18,21,36,38H,3-5,7,9-11,13,15-17,19-20,22-35H2,1-2H3/b8-6-,14-12-,21-18-. The van der Waals surface area contributed by atoms with Gasteiger partial charge in [0.2, 0.25) is 0 Å². The zero-order valence-electron chi connectivity index (χ0n) is 27.3. The van der Waals surface area contributed by atoms with Crippen LogP contribution < -0.4 is 0 Å². The van der Waals surface area contributed by atoms with Gasteiger partial charge in [-0.2, -0.15) is 0 Å². The molecular formula is C37H68O4. The molecule has 4 nitrogen and oxygen atoms in total. The third-order valence-electron chi connectivity index (χ3n) is 7.48. The van der Waals surface area contributed by atoms with Crippen LogP contribution >= 0.6 is 0 Å². The molecule has 0 amide bonds. The van der Waals surface area contributed by atoms with Crippen LogP contribution in [0.3, 0.4) is 0 Å². The summed E-state index contributed by atoms with van der Waals surface area (Å²) in [7, 11) is 0. The average molecular weight is 577 g/mol. The molecule has 0 heterocycles. The number of aliphatic hydroxyl groups is 1. The van der Waals surface area contributed by atoms with Crippen LogP contribution in [0.4, 0.5) is 0 Å². The SMILES string of the molecule is CC/C=C\C/C=C\C/C=C\CCCCCCOCC(CO)OC(=O)CCCCCCCCCCCCCCCCC. The van der Waals surface area contributed by atoms with E-state index in [1.165, 1.54) is 96.3 Å². The highest BCUT2D eigenvalue weighted by Gasteiger charge is 2.13. The van der Waals surface area contributed by atoms with Crippen molar-refractivity contribution < 1.29 is 19.4 Å². The maximum atomic E-state index is 12.1. The Labute approximate surface area is 255 Å². The molecule has 0 rings (SSSR count). The van der Waals surface area contributed by atoms with Crippen molar-refractivity contribution in [3.05, 3.63) is 36.5 Å². The summed E-state index contributed by atoms with van der Waals surface area (Å²) in [6, 6.07) is 0. The number of carbonyl (C=O) groups excluding carboxylic acids is 1. The van der Waals surface area contributed by atoms with Crippen LogP contribution in [0.15, 0.2) is 36.5 Å². The number of rotatable bonds is 32. The van der Waals surface area contributed by atoms with Gasteiger partial charge in [-0.1, -0.05) is 153 Å². The number of ether oxygens (including phenoxy) is 2. The van der Waals surface area contributed by atoms with Crippen molar-refractivity contribution in [2.75, 3.05) is 19.8 Å². The highest BCUT2D eigenvalue weighted by molar-refractivity contribution is 5.69. The van der Waals surface area contributed by atoms with Crippen molar-refractivity contribution in [1.82, 2.24) is 0 Å². The molecule has 0 aromatic carbocycles. The van der Waals surface area contributed by atoms with Crippen LogP contribution in [0, 0.1) is 0 Å². The molecule has 0 aliphatic heterocycles. The van der Waals surface area contributed by atoms with E-state index in [2.05, 4.69) is 50.3 Å². The fraction of sp³-hybridized carbons (Fsp3) is 0.811. The summed E-state index contributed by atoms with van der Waals surface area (Å²) in [5, 5.41) is 9.53. The predicted octanol–water partition coefficient (Wildman–Crippen LogP) is 11.0. The van der Waals surface area contributed by atoms with Crippen LogP contribution in [0.2, 0.25) is 0 Å². The van der Waals surface area contributed by atoms with E-state index >= 15 is 0 Å². The average Bonchev–Trinajstić information content (AvgIpc) is 2.98. The first-order valence-corrected chi connectivity index (χ1v) is 17.6. The molecule has 0 fully saturated rings. The molecule has 0 aromatic rings. The van der Waals surface area contributed by atoms with Crippen molar-refractivity contribution in [2.24, 2.45) is 0 Å².